The van der Waals surface area contributed by atoms with Crippen LogP contribution in [0.3, 0.4) is 0 Å². The Morgan fingerprint density at radius 3 is 2.50 bits per heavy atom. The van der Waals surface area contributed by atoms with Gasteiger partial charge in [0.15, 0.2) is 6.29 Å². The Kier molecular flexibility index (Phi) is 6.57. The predicted molar refractivity (Wildman–Crippen MR) is 90.8 cm³/mol. The van der Waals surface area contributed by atoms with Crippen LogP contribution in [0.15, 0.2) is 24.3 Å². The van der Waals surface area contributed by atoms with Crippen LogP contribution in [0.4, 0.5) is 10.5 Å². The lowest BCUT2D eigenvalue weighted by Crippen LogP contribution is -2.44. The number of rotatable bonds is 8. The number of nitrogens with one attached hydrogen (secondary N) is 2. The summed E-state index contributed by atoms with van der Waals surface area (Å²) in [6.07, 6.45) is -0.500. The van der Waals surface area contributed by atoms with Crippen LogP contribution in [0.2, 0.25) is 0 Å². The molecule has 0 spiro atoms. The van der Waals surface area contributed by atoms with Crippen LogP contribution >= 0.6 is 0 Å². The van der Waals surface area contributed by atoms with Gasteiger partial charge in [-0.3, -0.25) is 4.79 Å². The lowest BCUT2D eigenvalue weighted by Gasteiger charge is -2.24. The van der Waals surface area contributed by atoms with E-state index in [4.69, 9.17) is 9.47 Å². The molecule has 24 heavy (non-hydrogen) atoms. The molecule has 1 aromatic rings. The van der Waals surface area contributed by atoms with Crippen molar-refractivity contribution >= 4 is 17.6 Å². The molecule has 1 aliphatic rings. The van der Waals surface area contributed by atoms with Crippen molar-refractivity contribution in [1.82, 2.24) is 10.6 Å². The van der Waals surface area contributed by atoms with Crippen molar-refractivity contribution in [3.63, 3.8) is 0 Å². The van der Waals surface area contributed by atoms with Crippen LogP contribution in [-0.4, -0.2) is 44.5 Å². The number of para-hydroxylation sites is 1. The van der Waals surface area contributed by atoms with Crippen LogP contribution < -0.4 is 15.5 Å². The topological polar surface area (TPSA) is 79.9 Å². The standard InChI is InChI=1S/C17H25N3O4/c1-4-18-17(22)19-15-12-9-7-8-10-13(12)20(16(15)21)11-14(23-5-2)24-6-3/h7-10,14-15H,4-6,11H2,1-3H3,(H2,18,19,22)/t15-/m0/s1. The zero-order chi connectivity index (χ0) is 17.5. The molecule has 0 radical (unpaired) electrons. The Balaban J connectivity index is 2.20. The summed E-state index contributed by atoms with van der Waals surface area (Å²) < 4.78 is 11.1. The summed E-state index contributed by atoms with van der Waals surface area (Å²) >= 11 is 0. The van der Waals surface area contributed by atoms with Gasteiger partial charge in [0.1, 0.15) is 6.04 Å². The smallest absolute Gasteiger partial charge is 0.315 e. The summed E-state index contributed by atoms with van der Waals surface area (Å²) in [6.45, 7) is 7.35. The molecule has 0 saturated carbocycles. The van der Waals surface area contributed by atoms with Crippen molar-refractivity contribution < 1.29 is 19.1 Å². The maximum atomic E-state index is 12.8. The van der Waals surface area contributed by atoms with Crippen molar-refractivity contribution in [2.45, 2.75) is 33.1 Å². The van der Waals surface area contributed by atoms with Crippen LogP contribution in [0.5, 0.6) is 0 Å². The van der Waals surface area contributed by atoms with E-state index in [2.05, 4.69) is 10.6 Å². The summed E-state index contributed by atoms with van der Waals surface area (Å²) in [7, 11) is 0. The Labute approximate surface area is 142 Å². The fourth-order valence-corrected chi connectivity index (χ4v) is 2.73. The SMILES string of the molecule is CCNC(=O)N[C@@H]1C(=O)N(CC(OCC)OCC)c2ccccc21. The van der Waals surface area contributed by atoms with E-state index < -0.39 is 12.3 Å². The first kappa shape index (κ1) is 18.2. The molecule has 7 nitrogen and oxygen atoms in total. The zero-order valence-corrected chi connectivity index (χ0v) is 14.4. The number of hydrogen-bond donors (Lipinski definition) is 2. The maximum Gasteiger partial charge on any atom is 0.315 e. The third-order valence-corrected chi connectivity index (χ3v) is 3.70. The van der Waals surface area contributed by atoms with Gasteiger partial charge in [0, 0.05) is 31.0 Å². The Bertz CT molecular complexity index is 573. The highest BCUT2D eigenvalue weighted by Crippen LogP contribution is 2.35. The quantitative estimate of drug-likeness (QED) is 0.710. The number of carbonyl (C=O) groups excluding carboxylic acids is 2. The van der Waals surface area contributed by atoms with Crippen LogP contribution in [0.1, 0.15) is 32.4 Å². The zero-order valence-electron chi connectivity index (χ0n) is 14.4. The lowest BCUT2D eigenvalue weighted by molar-refractivity contribution is -0.135. The number of hydrogen-bond acceptors (Lipinski definition) is 4. The fourth-order valence-electron chi connectivity index (χ4n) is 2.73. The summed E-state index contributed by atoms with van der Waals surface area (Å²) in [4.78, 5) is 26.3. The van der Waals surface area contributed by atoms with E-state index in [9.17, 15) is 9.59 Å². The lowest BCUT2D eigenvalue weighted by atomic mass is 10.1. The highest BCUT2D eigenvalue weighted by molar-refractivity contribution is 6.06. The highest BCUT2D eigenvalue weighted by atomic mass is 16.7. The van der Waals surface area contributed by atoms with E-state index in [-0.39, 0.29) is 18.5 Å². The highest BCUT2D eigenvalue weighted by Gasteiger charge is 2.39. The van der Waals surface area contributed by atoms with Gasteiger partial charge in [-0.1, -0.05) is 18.2 Å². The van der Waals surface area contributed by atoms with Crippen molar-refractivity contribution in [3.05, 3.63) is 29.8 Å². The molecule has 1 heterocycles. The van der Waals surface area contributed by atoms with Gasteiger partial charge in [-0.2, -0.15) is 0 Å². The summed E-state index contributed by atoms with van der Waals surface area (Å²) in [6, 6.07) is 6.37. The van der Waals surface area contributed by atoms with Crippen LogP contribution in [0.25, 0.3) is 0 Å². The van der Waals surface area contributed by atoms with Crippen molar-refractivity contribution in [2.75, 3.05) is 31.2 Å². The number of amides is 3. The first-order chi connectivity index (χ1) is 11.6. The Morgan fingerprint density at radius 2 is 1.88 bits per heavy atom. The molecule has 1 aliphatic heterocycles. The van der Waals surface area contributed by atoms with Gasteiger partial charge in [0.2, 0.25) is 0 Å². The van der Waals surface area contributed by atoms with Gasteiger partial charge in [0.25, 0.3) is 5.91 Å². The molecule has 0 fully saturated rings. The molecule has 0 aromatic heterocycles. The summed E-state index contributed by atoms with van der Waals surface area (Å²) in [5, 5.41) is 5.38. The Morgan fingerprint density at radius 1 is 1.21 bits per heavy atom. The molecule has 2 rings (SSSR count). The van der Waals surface area contributed by atoms with Crippen LogP contribution in [-0.2, 0) is 14.3 Å². The van der Waals surface area contributed by atoms with E-state index in [1.807, 2.05) is 45.0 Å². The van der Waals surface area contributed by atoms with Gasteiger partial charge in [-0.05, 0) is 26.8 Å². The number of ether oxygens (including phenoxy) is 2. The van der Waals surface area contributed by atoms with Crippen molar-refractivity contribution in [2.24, 2.45) is 0 Å². The molecule has 7 heteroatoms. The molecule has 3 amide bonds. The van der Waals surface area contributed by atoms with E-state index in [1.165, 1.54) is 0 Å². The van der Waals surface area contributed by atoms with E-state index >= 15 is 0 Å². The number of urea groups is 1. The first-order valence-electron chi connectivity index (χ1n) is 8.30. The number of fused-ring (bicyclic) bond motifs is 1. The number of carbonyl (C=O) groups is 2. The molecule has 0 unspecified atom stereocenters. The first-order valence-corrected chi connectivity index (χ1v) is 8.30. The summed E-state index contributed by atoms with van der Waals surface area (Å²) in [5.41, 5.74) is 1.55. The van der Waals surface area contributed by atoms with Crippen molar-refractivity contribution in [3.8, 4) is 0 Å². The number of anilines is 1. The molecule has 132 valence electrons. The number of nitrogens with zero attached hydrogens (tertiary/aromatic N) is 1. The van der Waals surface area contributed by atoms with E-state index in [1.54, 1.807) is 4.90 Å². The molecule has 0 saturated heterocycles. The average molecular weight is 335 g/mol. The van der Waals surface area contributed by atoms with Gasteiger partial charge >= 0.3 is 6.03 Å². The molecule has 2 N–H and O–H groups in total. The van der Waals surface area contributed by atoms with E-state index in [0.29, 0.717) is 19.8 Å². The molecule has 1 atom stereocenters. The molecule has 0 aliphatic carbocycles. The Hall–Kier alpha value is -2.12. The average Bonchev–Trinajstić information content (AvgIpc) is 2.81. The minimum atomic E-state index is -0.698. The predicted octanol–water partition coefficient (Wildman–Crippen LogP) is 1.79. The third-order valence-electron chi connectivity index (χ3n) is 3.70. The van der Waals surface area contributed by atoms with Gasteiger partial charge in [-0.15, -0.1) is 0 Å². The normalized spacial score (nSPS) is 16.4. The largest absolute Gasteiger partial charge is 0.351 e. The van der Waals surface area contributed by atoms with Gasteiger partial charge < -0.3 is 25.0 Å². The van der Waals surface area contributed by atoms with E-state index in [0.717, 1.165) is 11.3 Å². The molecular weight excluding hydrogens is 310 g/mol. The minimum Gasteiger partial charge on any atom is -0.351 e. The molecule has 1 aromatic carbocycles. The minimum absolute atomic E-state index is 0.188. The molecular formula is C17H25N3O4. The number of benzene rings is 1. The second-order valence-corrected chi connectivity index (χ2v) is 5.28. The van der Waals surface area contributed by atoms with Crippen LogP contribution in [0, 0.1) is 0 Å². The third kappa shape index (κ3) is 4.04. The fraction of sp³-hybridized carbons (Fsp3) is 0.529. The maximum absolute atomic E-state index is 12.8. The second-order valence-electron chi connectivity index (χ2n) is 5.28. The van der Waals surface area contributed by atoms with Crippen molar-refractivity contribution in [1.29, 1.82) is 0 Å². The van der Waals surface area contributed by atoms with Gasteiger partial charge in [-0.25, -0.2) is 4.79 Å². The second kappa shape index (κ2) is 8.65. The van der Waals surface area contributed by atoms with Gasteiger partial charge in [0.05, 0.1) is 6.54 Å². The molecule has 0 bridgehead atoms. The summed E-state index contributed by atoms with van der Waals surface area (Å²) in [5.74, 6) is -0.188. The monoisotopic (exact) mass is 335 g/mol.